The molecule has 158 valence electrons. The van der Waals surface area contributed by atoms with E-state index in [9.17, 15) is 13.2 Å². The highest BCUT2D eigenvalue weighted by Gasteiger charge is 2.22. The molecule has 6 nitrogen and oxygen atoms in total. The van der Waals surface area contributed by atoms with Crippen LogP contribution in [-0.2, 0) is 14.8 Å². The number of hydrogen-bond acceptors (Lipinski definition) is 4. The first-order valence-corrected chi connectivity index (χ1v) is 11.5. The molecule has 0 aliphatic heterocycles. The normalized spacial score (nSPS) is 12.3. The van der Waals surface area contributed by atoms with Gasteiger partial charge in [-0.1, -0.05) is 30.7 Å². The molecule has 0 aromatic heterocycles. The number of amides is 1. The van der Waals surface area contributed by atoms with Crippen LogP contribution in [0.2, 0.25) is 0 Å². The molecule has 0 saturated heterocycles. The van der Waals surface area contributed by atoms with Gasteiger partial charge in [0.25, 0.3) is 0 Å². The van der Waals surface area contributed by atoms with Crippen LogP contribution >= 0.6 is 0 Å². The third kappa shape index (κ3) is 6.49. The van der Waals surface area contributed by atoms with Crippen molar-refractivity contribution in [3.8, 4) is 5.75 Å². The second-order valence-electron chi connectivity index (χ2n) is 7.26. The summed E-state index contributed by atoms with van der Waals surface area (Å²) in [5.74, 6) is 0.298. The van der Waals surface area contributed by atoms with Crippen molar-refractivity contribution in [3.63, 3.8) is 0 Å². The fourth-order valence-corrected chi connectivity index (χ4v) is 3.91. The van der Waals surface area contributed by atoms with Crippen LogP contribution in [0.15, 0.2) is 42.5 Å². The lowest BCUT2D eigenvalue weighted by atomic mass is 10.00. The van der Waals surface area contributed by atoms with Gasteiger partial charge < -0.3 is 10.1 Å². The van der Waals surface area contributed by atoms with E-state index in [-0.39, 0.29) is 18.5 Å². The van der Waals surface area contributed by atoms with Gasteiger partial charge in [-0.2, -0.15) is 0 Å². The van der Waals surface area contributed by atoms with Gasteiger partial charge in [0.1, 0.15) is 12.3 Å². The zero-order valence-electron chi connectivity index (χ0n) is 17.7. The van der Waals surface area contributed by atoms with Crippen molar-refractivity contribution >= 4 is 21.6 Å². The largest absolute Gasteiger partial charge is 0.494 e. The quantitative estimate of drug-likeness (QED) is 0.673. The molecule has 0 spiro atoms. The molecule has 2 aromatic carbocycles. The molecule has 1 amide bonds. The van der Waals surface area contributed by atoms with E-state index in [1.807, 2.05) is 45.9 Å². The van der Waals surface area contributed by atoms with Crippen molar-refractivity contribution in [1.29, 1.82) is 0 Å². The van der Waals surface area contributed by atoms with E-state index in [1.54, 1.807) is 24.3 Å². The van der Waals surface area contributed by atoms with Crippen LogP contribution in [0, 0.1) is 13.8 Å². The number of nitrogens with zero attached hydrogens (tertiary/aromatic N) is 1. The number of nitrogens with one attached hydrogen (secondary N) is 1. The van der Waals surface area contributed by atoms with E-state index in [0.29, 0.717) is 18.0 Å². The first-order chi connectivity index (χ1) is 13.6. The third-order valence-electron chi connectivity index (χ3n) is 4.56. The number of hydrogen-bond donors (Lipinski definition) is 1. The van der Waals surface area contributed by atoms with E-state index in [1.165, 1.54) is 0 Å². The first kappa shape index (κ1) is 22.7. The molecular weight excluding hydrogens is 388 g/mol. The van der Waals surface area contributed by atoms with Gasteiger partial charge in [-0.25, -0.2) is 8.42 Å². The van der Waals surface area contributed by atoms with Crippen molar-refractivity contribution in [2.75, 3.05) is 23.7 Å². The Hall–Kier alpha value is -2.54. The number of ether oxygens (including phenoxy) is 1. The third-order valence-corrected chi connectivity index (χ3v) is 5.70. The van der Waals surface area contributed by atoms with Gasteiger partial charge in [-0.05, 0) is 62.6 Å². The number of sulfonamides is 1. The second-order valence-corrected chi connectivity index (χ2v) is 9.17. The number of benzene rings is 2. The predicted molar refractivity (Wildman–Crippen MR) is 117 cm³/mol. The summed E-state index contributed by atoms with van der Waals surface area (Å²) in [6.07, 6.45) is 1.98. The van der Waals surface area contributed by atoms with Gasteiger partial charge in [0, 0.05) is 0 Å². The van der Waals surface area contributed by atoms with Crippen LogP contribution in [0.5, 0.6) is 5.75 Å². The number of carbonyl (C=O) groups excluding carboxylic acids is 1. The second kappa shape index (κ2) is 9.78. The standard InChI is InChI=1S/C22H30N2O4S/c1-6-13-28-20-11-9-19(10-12-20)24(29(5,26)27)15-22(25)23-18(4)21-14-16(2)7-8-17(21)3/h7-12,14,18H,6,13,15H2,1-5H3,(H,23,25)/t18-/m0/s1. The Bertz CT molecular complexity index is 940. The Balaban J connectivity index is 2.14. The highest BCUT2D eigenvalue weighted by molar-refractivity contribution is 7.92. The predicted octanol–water partition coefficient (Wildman–Crippen LogP) is 3.74. The minimum atomic E-state index is -3.63. The monoisotopic (exact) mass is 418 g/mol. The number of rotatable bonds is 9. The van der Waals surface area contributed by atoms with Crippen molar-refractivity contribution < 1.29 is 17.9 Å². The van der Waals surface area contributed by atoms with Gasteiger partial charge in [0.15, 0.2) is 0 Å². The molecule has 0 bridgehead atoms. The molecule has 7 heteroatoms. The number of aryl methyl sites for hydroxylation is 2. The van der Waals surface area contributed by atoms with Crippen LogP contribution in [0.3, 0.4) is 0 Å². The van der Waals surface area contributed by atoms with Gasteiger partial charge >= 0.3 is 0 Å². The molecule has 1 atom stereocenters. The Labute approximate surface area is 173 Å². The van der Waals surface area contributed by atoms with Gasteiger partial charge in [0.05, 0.1) is 24.6 Å². The van der Waals surface area contributed by atoms with E-state index < -0.39 is 10.0 Å². The molecule has 0 unspecified atom stereocenters. The molecule has 2 aromatic rings. The summed E-state index contributed by atoms with van der Waals surface area (Å²) in [6.45, 7) is 8.19. The van der Waals surface area contributed by atoms with Gasteiger partial charge in [-0.3, -0.25) is 9.10 Å². The summed E-state index contributed by atoms with van der Waals surface area (Å²) in [5, 5.41) is 2.91. The molecule has 0 radical (unpaired) electrons. The lowest BCUT2D eigenvalue weighted by Crippen LogP contribution is -2.41. The fourth-order valence-electron chi connectivity index (χ4n) is 3.05. The lowest BCUT2D eigenvalue weighted by Gasteiger charge is -2.24. The Morgan fingerprint density at radius 3 is 2.38 bits per heavy atom. The summed E-state index contributed by atoms with van der Waals surface area (Å²) < 4.78 is 31.2. The molecule has 0 saturated carbocycles. The van der Waals surface area contributed by atoms with E-state index in [0.717, 1.165) is 33.7 Å². The molecule has 0 fully saturated rings. The maximum absolute atomic E-state index is 12.6. The number of anilines is 1. The zero-order chi connectivity index (χ0) is 21.6. The lowest BCUT2D eigenvalue weighted by molar-refractivity contribution is -0.120. The molecule has 2 rings (SSSR count). The number of carbonyl (C=O) groups is 1. The Morgan fingerprint density at radius 2 is 1.79 bits per heavy atom. The minimum absolute atomic E-state index is 0.228. The van der Waals surface area contributed by atoms with Crippen molar-refractivity contribution in [3.05, 3.63) is 59.2 Å². The van der Waals surface area contributed by atoms with Crippen molar-refractivity contribution in [2.24, 2.45) is 0 Å². The van der Waals surface area contributed by atoms with E-state index >= 15 is 0 Å². The first-order valence-electron chi connectivity index (χ1n) is 9.69. The smallest absolute Gasteiger partial charge is 0.241 e. The van der Waals surface area contributed by atoms with Crippen LogP contribution in [0.1, 0.15) is 43.0 Å². The molecular formula is C22H30N2O4S. The molecule has 0 aliphatic rings. The maximum atomic E-state index is 12.6. The summed E-state index contributed by atoms with van der Waals surface area (Å²) in [5.41, 5.74) is 3.62. The Morgan fingerprint density at radius 1 is 1.14 bits per heavy atom. The highest BCUT2D eigenvalue weighted by Crippen LogP contribution is 2.22. The zero-order valence-corrected chi connectivity index (χ0v) is 18.5. The average Bonchev–Trinajstić information content (AvgIpc) is 2.66. The average molecular weight is 419 g/mol. The van der Waals surface area contributed by atoms with Gasteiger partial charge in [-0.15, -0.1) is 0 Å². The minimum Gasteiger partial charge on any atom is -0.494 e. The molecule has 0 aliphatic carbocycles. The highest BCUT2D eigenvalue weighted by atomic mass is 32.2. The van der Waals surface area contributed by atoms with E-state index in [2.05, 4.69) is 5.32 Å². The van der Waals surface area contributed by atoms with Crippen LogP contribution in [0.25, 0.3) is 0 Å². The van der Waals surface area contributed by atoms with Crippen LogP contribution in [-0.4, -0.2) is 33.7 Å². The van der Waals surface area contributed by atoms with Crippen LogP contribution in [0.4, 0.5) is 5.69 Å². The molecule has 1 N–H and O–H groups in total. The maximum Gasteiger partial charge on any atom is 0.241 e. The summed E-state index contributed by atoms with van der Waals surface area (Å²) >= 11 is 0. The van der Waals surface area contributed by atoms with Gasteiger partial charge in [0.2, 0.25) is 15.9 Å². The summed E-state index contributed by atoms with van der Waals surface area (Å²) in [7, 11) is -3.63. The Kier molecular flexibility index (Phi) is 7.67. The van der Waals surface area contributed by atoms with Crippen molar-refractivity contribution in [1.82, 2.24) is 5.32 Å². The van der Waals surface area contributed by atoms with Crippen LogP contribution < -0.4 is 14.4 Å². The molecule has 0 heterocycles. The van der Waals surface area contributed by atoms with Crippen molar-refractivity contribution in [2.45, 2.75) is 40.2 Å². The molecule has 29 heavy (non-hydrogen) atoms. The summed E-state index contributed by atoms with van der Waals surface area (Å²) in [6, 6.07) is 12.5. The topological polar surface area (TPSA) is 75.7 Å². The van der Waals surface area contributed by atoms with E-state index in [4.69, 9.17) is 4.74 Å². The fraction of sp³-hybridized carbons (Fsp3) is 0.409. The SMILES string of the molecule is CCCOc1ccc(N(CC(=O)N[C@@H](C)c2cc(C)ccc2C)S(C)(=O)=O)cc1. The summed E-state index contributed by atoms with van der Waals surface area (Å²) in [4.78, 5) is 12.6.